The van der Waals surface area contributed by atoms with Crippen LogP contribution in [0.15, 0.2) is 53.4 Å². The van der Waals surface area contributed by atoms with Gasteiger partial charge in [-0.2, -0.15) is 5.26 Å². The second kappa shape index (κ2) is 6.70. The summed E-state index contributed by atoms with van der Waals surface area (Å²) >= 11 is 1.30. The number of hydrogen-bond donors (Lipinski definition) is 1. The summed E-state index contributed by atoms with van der Waals surface area (Å²) in [6.45, 7) is 0. The second-order valence-corrected chi connectivity index (χ2v) is 5.55. The van der Waals surface area contributed by atoms with Crippen LogP contribution in [-0.2, 0) is 5.54 Å². The predicted octanol–water partition coefficient (Wildman–Crippen LogP) is 3.70. The molecule has 2 aromatic carbocycles. The molecule has 0 aliphatic rings. The first kappa shape index (κ1) is 15.5. The molecule has 0 heterocycles. The van der Waals surface area contributed by atoms with E-state index in [4.69, 9.17) is 0 Å². The van der Waals surface area contributed by atoms with Gasteiger partial charge in [0, 0.05) is 10.6 Å². The molecule has 0 bridgehead atoms. The summed E-state index contributed by atoms with van der Waals surface area (Å²) in [7, 11) is 1.71. The molecule has 0 radical (unpaired) electrons. The Labute approximate surface area is 126 Å². The highest BCUT2D eigenvalue weighted by Crippen LogP contribution is 2.29. The Morgan fingerprint density at radius 1 is 1.14 bits per heavy atom. The fourth-order valence-electron chi connectivity index (χ4n) is 1.93. The van der Waals surface area contributed by atoms with Gasteiger partial charge in [-0.05, 0) is 30.8 Å². The number of nitriles is 1. The first-order valence-corrected chi connectivity index (χ1v) is 7.33. The van der Waals surface area contributed by atoms with Crippen molar-refractivity contribution in [3.63, 3.8) is 0 Å². The lowest BCUT2D eigenvalue weighted by Gasteiger charge is -2.26. The first-order valence-electron chi connectivity index (χ1n) is 6.35. The van der Waals surface area contributed by atoms with E-state index in [1.54, 1.807) is 7.05 Å². The van der Waals surface area contributed by atoms with Crippen LogP contribution in [0.2, 0.25) is 0 Å². The van der Waals surface area contributed by atoms with Crippen LogP contribution in [0.25, 0.3) is 0 Å². The van der Waals surface area contributed by atoms with Crippen LogP contribution in [0.1, 0.15) is 5.56 Å². The minimum Gasteiger partial charge on any atom is -0.298 e. The lowest BCUT2D eigenvalue weighted by molar-refractivity contribution is 0.505. The normalized spacial score (nSPS) is 13.4. The van der Waals surface area contributed by atoms with Crippen molar-refractivity contribution in [2.24, 2.45) is 0 Å². The summed E-state index contributed by atoms with van der Waals surface area (Å²) in [5.41, 5.74) is -0.0401. The third-order valence-corrected chi connectivity index (χ3v) is 4.40. The van der Waals surface area contributed by atoms with E-state index in [1.165, 1.54) is 17.8 Å². The standard InChI is InChI=1S/C16H14F2N2S/c1-20-16(10-19,12-5-3-2-4-6-12)11-21-13-7-8-14(17)15(18)9-13/h2-9,20H,11H2,1H3. The molecule has 5 heteroatoms. The highest BCUT2D eigenvalue weighted by atomic mass is 32.2. The fourth-order valence-corrected chi connectivity index (χ4v) is 3.04. The van der Waals surface area contributed by atoms with E-state index in [2.05, 4.69) is 11.4 Å². The van der Waals surface area contributed by atoms with Gasteiger partial charge in [-0.1, -0.05) is 30.3 Å². The molecule has 0 saturated carbocycles. The van der Waals surface area contributed by atoms with Crippen LogP contribution in [0, 0.1) is 23.0 Å². The summed E-state index contributed by atoms with van der Waals surface area (Å²) < 4.78 is 26.1. The van der Waals surface area contributed by atoms with Crippen molar-refractivity contribution in [3.8, 4) is 6.07 Å². The summed E-state index contributed by atoms with van der Waals surface area (Å²) in [5.74, 6) is -1.37. The number of hydrogen-bond acceptors (Lipinski definition) is 3. The van der Waals surface area contributed by atoms with Gasteiger partial charge in [-0.15, -0.1) is 11.8 Å². The van der Waals surface area contributed by atoms with Crippen molar-refractivity contribution in [3.05, 3.63) is 65.7 Å². The third-order valence-electron chi connectivity index (χ3n) is 3.23. The van der Waals surface area contributed by atoms with Crippen LogP contribution >= 0.6 is 11.8 Å². The van der Waals surface area contributed by atoms with Crippen LogP contribution in [0.4, 0.5) is 8.78 Å². The Kier molecular flexibility index (Phi) is 4.94. The molecule has 0 fully saturated rings. The van der Waals surface area contributed by atoms with Crippen molar-refractivity contribution in [2.75, 3.05) is 12.8 Å². The van der Waals surface area contributed by atoms with Gasteiger partial charge in [-0.3, -0.25) is 5.32 Å². The van der Waals surface area contributed by atoms with Gasteiger partial charge in [0.2, 0.25) is 0 Å². The summed E-state index contributed by atoms with van der Waals surface area (Å²) in [5, 5.41) is 12.6. The molecule has 0 aliphatic heterocycles. The Hall–Kier alpha value is -1.90. The summed E-state index contributed by atoms with van der Waals surface area (Å²) in [6, 6.07) is 15.4. The van der Waals surface area contributed by atoms with Gasteiger partial charge in [0.15, 0.2) is 11.6 Å². The van der Waals surface area contributed by atoms with Gasteiger partial charge in [0.25, 0.3) is 0 Å². The number of thioether (sulfide) groups is 1. The van der Waals surface area contributed by atoms with Gasteiger partial charge < -0.3 is 0 Å². The fraction of sp³-hybridized carbons (Fsp3) is 0.188. The SMILES string of the molecule is CNC(C#N)(CSc1ccc(F)c(F)c1)c1ccccc1. The molecule has 0 amide bonds. The van der Waals surface area contributed by atoms with Crippen molar-refractivity contribution >= 4 is 11.8 Å². The Bertz CT molecular complexity index is 655. The molecule has 21 heavy (non-hydrogen) atoms. The molecule has 1 atom stereocenters. The van der Waals surface area contributed by atoms with Gasteiger partial charge in [0.05, 0.1) is 6.07 Å². The Morgan fingerprint density at radius 2 is 1.86 bits per heavy atom. The lowest BCUT2D eigenvalue weighted by Crippen LogP contribution is -2.41. The number of nitrogens with one attached hydrogen (secondary N) is 1. The maximum Gasteiger partial charge on any atom is 0.159 e. The van der Waals surface area contributed by atoms with Gasteiger partial charge in [-0.25, -0.2) is 8.78 Å². The monoisotopic (exact) mass is 304 g/mol. The summed E-state index contributed by atoms with van der Waals surface area (Å²) in [4.78, 5) is 0.583. The zero-order valence-electron chi connectivity index (χ0n) is 11.4. The molecule has 0 spiro atoms. The van der Waals surface area contributed by atoms with E-state index in [0.717, 1.165) is 17.7 Å². The number of halogens is 2. The van der Waals surface area contributed by atoms with Crippen molar-refractivity contribution in [2.45, 2.75) is 10.4 Å². The molecule has 2 aromatic rings. The smallest absolute Gasteiger partial charge is 0.159 e. The van der Waals surface area contributed by atoms with Crippen LogP contribution in [0.3, 0.4) is 0 Å². The van der Waals surface area contributed by atoms with Gasteiger partial charge in [0.1, 0.15) is 5.54 Å². The number of nitrogens with zero attached hydrogens (tertiary/aromatic N) is 1. The van der Waals surface area contributed by atoms with Crippen LogP contribution < -0.4 is 5.32 Å². The largest absolute Gasteiger partial charge is 0.298 e. The van der Waals surface area contributed by atoms with E-state index in [1.807, 2.05) is 30.3 Å². The van der Waals surface area contributed by atoms with Gasteiger partial charge >= 0.3 is 0 Å². The van der Waals surface area contributed by atoms with Crippen LogP contribution in [0.5, 0.6) is 0 Å². The average molecular weight is 304 g/mol. The maximum absolute atomic E-state index is 13.2. The molecule has 108 valence electrons. The Balaban J connectivity index is 2.21. The van der Waals surface area contributed by atoms with E-state index in [9.17, 15) is 14.0 Å². The lowest BCUT2D eigenvalue weighted by atomic mass is 9.94. The molecule has 1 unspecified atom stereocenters. The second-order valence-electron chi connectivity index (χ2n) is 4.50. The highest BCUT2D eigenvalue weighted by molar-refractivity contribution is 7.99. The molecule has 0 aromatic heterocycles. The molecule has 1 N–H and O–H groups in total. The first-order chi connectivity index (χ1) is 10.1. The van der Waals surface area contributed by atoms with Crippen molar-refractivity contribution in [1.29, 1.82) is 5.26 Å². The molecular formula is C16H14F2N2S. The van der Waals surface area contributed by atoms with Crippen LogP contribution in [-0.4, -0.2) is 12.8 Å². The molecule has 0 saturated heterocycles. The molecule has 0 aliphatic carbocycles. The quantitative estimate of drug-likeness (QED) is 0.856. The zero-order chi connectivity index (χ0) is 15.3. The average Bonchev–Trinajstić information content (AvgIpc) is 2.53. The molecule has 2 rings (SSSR count). The predicted molar refractivity (Wildman–Crippen MR) is 79.9 cm³/mol. The van der Waals surface area contributed by atoms with E-state index >= 15 is 0 Å². The minimum absolute atomic E-state index is 0.384. The maximum atomic E-state index is 13.2. The highest BCUT2D eigenvalue weighted by Gasteiger charge is 2.30. The number of benzene rings is 2. The third kappa shape index (κ3) is 3.41. The van der Waals surface area contributed by atoms with Crippen molar-refractivity contribution < 1.29 is 8.78 Å². The molecular weight excluding hydrogens is 290 g/mol. The van der Waals surface area contributed by atoms with E-state index < -0.39 is 17.2 Å². The topological polar surface area (TPSA) is 35.8 Å². The van der Waals surface area contributed by atoms with Crippen molar-refractivity contribution in [1.82, 2.24) is 5.32 Å². The van der Waals surface area contributed by atoms with E-state index in [0.29, 0.717) is 10.6 Å². The minimum atomic E-state index is -0.883. The molecule has 2 nitrogen and oxygen atoms in total. The zero-order valence-corrected chi connectivity index (χ0v) is 12.3. The summed E-state index contributed by atoms with van der Waals surface area (Å²) in [6.07, 6.45) is 0. The number of rotatable bonds is 5. The Morgan fingerprint density at radius 3 is 2.43 bits per heavy atom. The van der Waals surface area contributed by atoms with E-state index in [-0.39, 0.29) is 0 Å².